The van der Waals surface area contributed by atoms with Crippen molar-refractivity contribution < 1.29 is 4.39 Å². The minimum absolute atomic E-state index is 0.276. The highest BCUT2D eigenvalue weighted by molar-refractivity contribution is 7.99. The minimum atomic E-state index is -0.276. The molecule has 0 unspecified atom stereocenters. The van der Waals surface area contributed by atoms with Crippen molar-refractivity contribution in [3.8, 4) is 16.9 Å². The Morgan fingerprint density at radius 3 is 2.22 bits per heavy atom. The van der Waals surface area contributed by atoms with E-state index in [1.807, 2.05) is 30.3 Å². The highest BCUT2D eigenvalue weighted by atomic mass is 32.2. The highest BCUT2D eigenvalue weighted by Gasteiger charge is 2.19. The topological polar surface area (TPSA) is 43.8 Å². The second-order valence-corrected chi connectivity index (χ2v) is 7.32. The molecule has 2 N–H and O–H groups in total. The summed E-state index contributed by atoms with van der Waals surface area (Å²) in [5, 5.41) is 4.74. The van der Waals surface area contributed by atoms with Gasteiger partial charge < -0.3 is 5.73 Å². The third kappa shape index (κ3) is 3.59. The molecular formula is C22H18FN3S. The number of aromatic nitrogens is 2. The first kappa shape index (κ1) is 17.4. The third-order valence-corrected chi connectivity index (χ3v) is 5.35. The Morgan fingerprint density at radius 1 is 0.889 bits per heavy atom. The average Bonchev–Trinajstić information content (AvgIpc) is 3.01. The van der Waals surface area contributed by atoms with Crippen LogP contribution in [-0.4, -0.2) is 9.78 Å². The van der Waals surface area contributed by atoms with E-state index in [0.717, 1.165) is 26.7 Å². The molecule has 0 aliphatic carbocycles. The van der Waals surface area contributed by atoms with Gasteiger partial charge in [0, 0.05) is 10.5 Å². The smallest absolute Gasteiger partial charge is 0.141 e. The van der Waals surface area contributed by atoms with Crippen molar-refractivity contribution in [2.75, 3.05) is 5.73 Å². The SMILES string of the molecule is Cc1ccc(Sc2c(-c3ccc(F)cc3)nn(-c3ccccc3)c2N)cc1. The Kier molecular flexibility index (Phi) is 4.69. The van der Waals surface area contributed by atoms with Crippen LogP contribution < -0.4 is 5.73 Å². The molecule has 0 fully saturated rings. The second-order valence-electron chi connectivity index (χ2n) is 6.23. The zero-order valence-corrected chi connectivity index (χ0v) is 15.6. The molecule has 3 nitrogen and oxygen atoms in total. The summed E-state index contributed by atoms with van der Waals surface area (Å²) in [4.78, 5) is 1.93. The maximum Gasteiger partial charge on any atom is 0.141 e. The molecule has 0 saturated carbocycles. The Labute approximate surface area is 161 Å². The monoisotopic (exact) mass is 375 g/mol. The van der Waals surface area contributed by atoms with Crippen molar-refractivity contribution in [1.82, 2.24) is 9.78 Å². The molecule has 4 rings (SSSR count). The molecule has 0 atom stereocenters. The zero-order chi connectivity index (χ0) is 18.8. The summed E-state index contributed by atoms with van der Waals surface area (Å²) in [6.07, 6.45) is 0. The lowest BCUT2D eigenvalue weighted by atomic mass is 10.1. The van der Waals surface area contributed by atoms with Gasteiger partial charge in [-0.3, -0.25) is 0 Å². The summed E-state index contributed by atoms with van der Waals surface area (Å²) >= 11 is 1.56. The van der Waals surface area contributed by atoms with E-state index in [1.165, 1.54) is 17.7 Å². The van der Waals surface area contributed by atoms with E-state index in [1.54, 1.807) is 28.6 Å². The standard InChI is InChI=1S/C22H18FN3S/c1-15-7-13-19(14-8-15)27-21-20(16-9-11-17(23)12-10-16)25-26(22(21)24)18-5-3-2-4-6-18/h2-14H,24H2,1H3. The van der Waals surface area contributed by atoms with Gasteiger partial charge in [-0.05, 0) is 55.5 Å². The fraction of sp³-hybridized carbons (Fsp3) is 0.0455. The molecular weight excluding hydrogens is 357 g/mol. The molecule has 134 valence electrons. The Hall–Kier alpha value is -3.05. The van der Waals surface area contributed by atoms with Crippen molar-refractivity contribution in [1.29, 1.82) is 0 Å². The van der Waals surface area contributed by atoms with Gasteiger partial charge in [0.05, 0.1) is 10.6 Å². The van der Waals surface area contributed by atoms with Crippen LogP contribution in [0.2, 0.25) is 0 Å². The van der Waals surface area contributed by atoms with Crippen LogP contribution in [0.1, 0.15) is 5.56 Å². The van der Waals surface area contributed by atoms with Gasteiger partial charge in [-0.25, -0.2) is 9.07 Å². The predicted octanol–water partition coefficient (Wildman–Crippen LogP) is 5.72. The van der Waals surface area contributed by atoms with E-state index in [-0.39, 0.29) is 5.82 Å². The number of nitrogens with two attached hydrogens (primary N) is 1. The van der Waals surface area contributed by atoms with Crippen LogP contribution >= 0.6 is 11.8 Å². The van der Waals surface area contributed by atoms with Crippen LogP contribution in [0.4, 0.5) is 10.2 Å². The Bertz CT molecular complexity index is 1060. The molecule has 27 heavy (non-hydrogen) atoms. The summed E-state index contributed by atoms with van der Waals surface area (Å²) in [6, 6.07) is 24.3. The van der Waals surface area contributed by atoms with Crippen LogP contribution in [0.5, 0.6) is 0 Å². The Morgan fingerprint density at radius 2 is 1.56 bits per heavy atom. The van der Waals surface area contributed by atoms with Gasteiger partial charge in [-0.2, -0.15) is 5.10 Å². The fourth-order valence-corrected chi connectivity index (χ4v) is 3.76. The van der Waals surface area contributed by atoms with Crippen LogP contribution in [-0.2, 0) is 0 Å². The van der Waals surface area contributed by atoms with Crippen molar-refractivity contribution in [3.05, 3.63) is 90.2 Å². The van der Waals surface area contributed by atoms with Gasteiger partial charge in [-0.1, -0.05) is 47.7 Å². The molecule has 0 radical (unpaired) electrons. The summed E-state index contributed by atoms with van der Waals surface area (Å²) < 4.78 is 15.1. The second kappa shape index (κ2) is 7.29. The number of nitrogen functional groups attached to an aromatic ring is 1. The first-order valence-electron chi connectivity index (χ1n) is 8.56. The van der Waals surface area contributed by atoms with Crippen molar-refractivity contribution in [2.45, 2.75) is 16.7 Å². The van der Waals surface area contributed by atoms with Crippen molar-refractivity contribution in [3.63, 3.8) is 0 Å². The molecule has 4 aromatic rings. The number of benzene rings is 3. The van der Waals surface area contributed by atoms with Crippen molar-refractivity contribution in [2.24, 2.45) is 0 Å². The molecule has 5 heteroatoms. The fourth-order valence-electron chi connectivity index (χ4n) is 2.80. The molecule has 0 spiro atoms. The van der Waals surface area contributed by atoms with Crippen LogP contribution in [0, 0.1) is 12.7 Å². The average molecular weight is 375 g/mol. The molecule has 0 saturated heterocycles. The molecule has 1 heterocycles. The number of hydrogen-bond acceptors (Lipinski definition) is 3. The number of anilines is 1. The summed E-state index contributed by atoms with van der Waals surface area (Å²) in [7, 11) is 0. The first-order valence-corrected chi connectivity index (χ1v) is 9.38. The van der Waals surface area contributed by atoms with E-state index in [2.05, 4.69) is 31.2 Å². The Balaban J connectivity index is 1.85. The lowest BCUT2D eigenvalue weighted by molar-refractivity contribution is 0.628. The number of halogens is 1. The van der Waals surface area contributed by atoms with Gasteiger partial charge in [0.15, 0.2) is 0 Å². The number of para-hydroxylation sites is 1. The summed E-state index contributed by atoms with van der Waals surface area (Å²) in [5.41, 5.74) is 10.1. The largest absolute Gasteiger partial charge is 0.383 e. The minimum Gasteiger partial charge on any atom is -0.383 e. The van der Waals surface area contributed by atoms with Crippen LogP contribution in [0.15, 0.2) is 88.7 Å². The number of nitrogens with zero attached hydrogens (tertiary/aromatic N) is 2. The van der Waals surface area contributed by atoms with E-state index in [9.17, 15) is 4.39 Å². The predicted molar refractivity (Wildman–Crippen MR) is 109 cm³/mol. The van der Waals surface area contributed by atoms with Crippen LogP contribution in [0.25, 0.3) is 16.9 Å². The summed E-state index contributed by atoms with van der Waals surface area (Å²) in [5.74, 6) is 0.285. The first-order chi connectivity index (χ1) is 13.1. The zero-order valence-electron chi connectivity index (χ0n) is 14.8. The van der Waals surface area contributed by atoms with Gasteiger partial charge >= 0.3 is 0 Å². The van der Waals surface area contributed by atoms with E-state index >= 15 is 0 Å². The third-order valence-electron chi connectivity index (χ3n) is 4.24. The maximum absolute atomic E-state index is 13.4. The number of hydrogen-bond donors (Lipinski definition) is 1. The van der Waals surface area contributed by atoms with Gasteiger partial charge in [0.1, 0.15) is 17.3 Å². The molecule has 3 aromatic carbocycles. The molecule has 0 amide bonds. The van der Waals surface area contributed by atoms with E-state index in [0.29, 0.717) is 5.82 Å². The molecule has 0 aliphatic rings. The van der Waals surface area contributed by atoms with E-state index < -0.39 is 0 Å². The van der Waals surface area contributed by atoms with Gasteiger partial charge in [0.25, 0.3) is 0 Å². The number of rotatable bonds is 4. The highest BCUT2D eigenvalue weighted by Crippen LogP contribution is 2.40. The normalized spacial score (nSPS) is 10.9. The van der Waals surface area contributed by atoms with Crippen molar-refractivity contribution >= 4 is 17.6 Å². The molecule has 0 aliphatic heterocycles. The van der Waals surface area contributed by atoms with Gasteiger partial charge in [0.2, 0.25) is 0 Å². The molecule has 1 aromatic heterocycles. The van der Waals surface area contributed by atoms with Crippen LogP contribution in [0.3, 0.4) is 0 Å². The van der Waals surface area contributed by atoms with E-state index in [4.69, 9.17) is 10.8 Å². The lowest BCUT2D eigenvalue weighted by Crippen LogP contribution is -2.01. The lowest BCUT2D eigenvalue weighted by Gasteiger charge is -2.06. The quantitative estimate of drug-likeness (QED) is 0.496. The van der Waals surface area contributed by atoms with Gasteiger partial charge in [-0.15, -0.1) is 0 Å². The number of aryl methyl sites for hydroxylation is 1. The summed E-state index contributed by atoms with van der Waals surface area (Å²) in [6.45, 7) is 2.06. The maximum atomic E-state index is 13.4. The molecule has 0 bridgehead atoms.